The predicted octanol–water partition coefficient (Wildman–Crippen LogP) is 5.92. The van der Waals surface area contributed by atoms with Crippen molar-refractivity contribution in [3.8, 4) is 11.1 Å². The second-order valence-corrected chi connectivity index (χ2v) is 11.5. The largest absolute Gasteiger partial charge is 0.373 e. The molecule has 0 spiro atoms. The van der Waals surface area contributed by atoms with E-state index in [0.717, 1.165) is 10.0 Å². The lowest BCUT2D eigenvalue weighted by atomic mass is 9.96. The fraction of sp³-hybridized carbons (Fsp3) is 0.100. The Morgan fingerprint density at radius 3 is 2.13 bits per heavy atom. The van der Waals surface area contributed by atoms with Crippen molar-refractivity contribution < 1.29 is 27.6 Å². The van der Waals surface area contributed by atoms with Crippen LogP contribution < -0.4 is 5.32 Å². The average molecular weight is 606 g/mol. The predicted molar refractivity (Wildman–Crippen MR) is 151 cm³/mol. The van der Waals surface area contributed by atoms with Crippen LogP contribution in [0.3, 0.4) is 0 Å². The van der Waals surface area contributed by atoms with Crippen LogP contribution in [0.2, 0.25) is 0 Å². The minimum Gasteiger partial charge on any atom is -0.322 e. The molecule has 4 aromatic carbocycles. The summed E-state index contributed by atoms with van der Waals surface area (Å²) < 4.78 is 25.2. The van der Waals surface area contributed by atoms with Crippen molar-refractivity contribution in [2.24, 2.45) is 0 Å². The number of halogens is 1. The monoisotopic (exact) mass is 605 g/mol. The molecular weight excluding hydrogens is 582 g/mol. The molecule has 9 heteroatoms. The van der Waals surface area contributed by atoms with Crippen LogP contribution in [-0.4, -0.2) is 32.5 Å². The highest BCUT2D eigenvalue weighted by molar-refractivity contribution is 9.10. The highest BCUT2D eigenvalue weighted by Crippen LogP contribution is 2.28. The average Bonchev–Trinajstić information content (AvgIpc) is 2.90. The van der Waals surface area contributed by atoms with E-state index in [1.807, 2.05) is 25.1 Å². The van der Waals surface area contributed by atoms with Gasteiger partial charge in [0.25, 0.3) is 5.91 Å². The summed E-state index contributed by atoms with van der Waals surface area (Å²) in [6.45, 7) is 1.91. The third-order valence-corrected chi connectivity index (χ3v) is 7.50. The molecule has 4 rings (SSSR count). The molecule has 0 radical (unpaired) electrons. The zero-order chi connectivity index (χ0) is 28.6. The van der Waals surface area contributed by atoms with Crippen LogP contribution in [0.25, 0.3) is 11.1 Å². The summed E-state index contributed by atoms with van der Waals surface area (Å²) in [7, 11) is -3.40. The second-order valence-electron chi connectivity index (χ2n) is 8.60. The van der Waals surface area contributed by atoms with Crippen molar-refractivity contribution >= 4 is 49.3 Å². The lowest BCUT2D eigenvalue weighted by molar-refractivity contribution is -0.191. The minimum absolute atomic E-state index is 0.0577. The molecule has 0 saturated heterocycles. The SMILES string of the molecule is Cc1cc(Br)ccc1NC(=O)c1ccccc1CC(=O)c1ccc(-c2ccccc2S(C)(=O)=O)cc1.O=C=O. The van der Waals surface area contributed by atoms with Gasteiger partial charge in [0.2, 0.25) is 0 Å². The molecule has 0 fully saturated rings. The van der Waals surface area contributed by atoms with Gasteiger partial charge < -0.3 is 5.32 Å². The van der Waals surface area contributed by atoms with Gasteiger partial charge in [0, 0.05) is 39.5 Å². The molecule has 0 aliphatic carbocycles. The molecule has 0 aliphatic rings. The fourth-order valence-corrected chi connectivity index (χ4v) is 5.38. The van der Waals surface area contributed by atoms with Crippen LogP contribution in [0.4, 0.5) is 5.69 Å². The Morgan fingerprint density at radius 1 is 0.872 bits per heavy atom. The first-order chi connectivity index (χ1) is 18.5. The first-order valence-corrected chi connectivity index (χ1v) is 14.3. The number of amides is 1. The molecule has 4 aromatic rings. The molecule has 1 N–H and O–H groups in total. The minimum atomic E-state index is -3.40. The number of nitrogens with one attached hydrogen (secondary N) is 1. The van der Waals surface area contributed by atoms with Crippen molar-refractivity contribution in [2.45, 2.75) is 18.2 Å². The summed E-state index contributed by atoms with van der Waals surface area (Å²) >= 11 is 3.42. The summed E-state index contributed by atoms with van der Waals surface area (Å²) in [5, 5.41) is 2.93. The number of carbonyl (C=O) groups is 2. The van der Waals surface area contributed by atoms with Crippen molar-refractivity contribution in [2.75, 3.05) is 11.6 Å². The topological polar surface area (TPSA) is 114 Å². The van der Waals surface area contributed by atoms with Crippen LogP contribution in [-0.2, 0) is 25.8 Å². The highest BCUT2D eigenvalue weighted by atomic mass is 79.9. The number of anilines is 1. The summed E-state index contributed by atoms with van der Waals surface area (Å²) in [5.41, 5.74) is 4.46. The number of benzene rings is 4. The Kier molecular flexibility index (Phi) is 9.84. The summed E-state index contributed by atoms with van der Waals surface area (Å²) in [5.74, 6) is -0.422. The van der Waals surface area contributed by atoms with Crippen LogP contribution in [0.15, 0.2) is 100 Å². The van der Waals surface area contributed by atoms with Gasteiger partial charge in [-0.2, -0.15) is 9.59 Å². The molecule has 198 valence electrons. The Labute approximate surface area is 234 Å². The van der Waals surface area contributed by atoms with E-state index < -0.39 is 9.84 Å². The third-order valence-electron chi connectivity index (χ3n) is 5.85. The Balaban J connectivity index is 0.00000134. The quantitative estimate of drug-likeness (QED) is 0.261. The Bertz CT molecular complexity index is 1660. The van der Waals surface area contributed by atoms with Gasteiger partial charge in [0.05, 0.1) is 4.90 Å². The van der Waals surface area contributed by atoms with Crippen LogP contribution in [0, 0.1) is 6.92 Å². The molecule has 7 nitrogen and oxygen atoms in total. The van der Waals surface area contributed by atoms with E-state index >= 15 is 0 Å². The van der Waals surface area contributed by atoms with Crippen LogP contribution in [0.1, 0.15) is 31.8 Å². The van der Waals surface area contributed by atoms with Gasteiger partial charge in [0.1, 0.15) is 0 Å². The molecule has 0 heterocycles. The zero-order valence-corrected chi connectivity index (χ0v) is 23.5. The molecule has 0 unspecified atom stereocenters. The molecule has 1 amide bonds. The molecule has 0 aromatic heterocycles. The van der Waals surface area contributed by atoms with Crippen molar-refractivity contribution in [1.82, 2.24) is 0 Å². The Morgan fingerprint density at radius 2 is 1.49 bits per heavy atom. The number of Topliss-reactive ketones (excluding diaryl/α,β-unsaturated/α-hetero) is 1. The fourth-order valence-electron chi connectivity index (χ4n) is 3.99. The lowest BCUT2D eigenvalue weighted by Gasteiger charge is -2.12. The normalized spacial score (nSPS) is 10.5. The smallest absolute Gasteiger partial charge is 0.322 e. The third kappa shape index (κ3) is 7.67. The maximum Gasteiger partial charge on any atom is 0.373 e. The first kappa shape index (κ1) is 29.4. The number of hydrogen-bond donors (Lipinski definition) is 1. The van der Waals surface area contributed by atoms with Gasteiger partial charge in [-0.3, -0.25) is 9.59 Å². The zero-order valence-electron chi connectivity index (χ0n) is 21.1. The summed E-state index contributed by atoms with van der Waals surface area (Å²) in [6, 6.07) is 26.3. The van der Waals surface area contributed by atoms with Gasteiger partial charge in [-0.25, -0.2) is 8.42 Å². The number of aryl methyl sites for hydroxylation is 1. The summed E-state index contributed by atoms with van der Waals surface area (Å²) in [4.78, 5) is 42.6. The van der Waals surface area contributed by atoms with Gasteiger partial charge in [-0.05, 0) is 53.9 Å². The van der Waals surface area contributed by atoms with Gasteiger partial charge >= 0.3 is 6.15 Å². The van der Waals surface area contributed by atoms with E-state index in [0.29, 0.717) is 33.5 Å². The molecule has 0 atom stereocenters. The number of ketones is 1. The maximum absolute atomic E-state index is 13.1. The number of rotatable bonds is 7. The summed E-state index contributed by atoms with van der Waals surface area (Å²) in [6.07, 6.45) is 1.48. The van der Waals surface area contributed by atoms with E-state index in [9.17, 15) is 18.0 Å². The van der Waals surface area contributed by atoms with E-state index in [1.54, 1.807) is 72.8 Å². The van der Waals surface area contributed by atoms with E-state index in [2.05, 4.69) is 21.2 Å². The maximum atomic E-state index is 13.1. The molecular formula is C30H24BrNO6S. The highest BCUT2D eigenvalue weighted by Gasteiger charge is 2.17. The van der Waals surface area contributed by atoms with Gasteiger partial charge in [-0.15, -0.1) is 0 Å². The van der Waals surface area contributed by atoms with Crippen LogP contribution >= 0.6 is 15.9 Å². The standard InChI is InChI=1S/C29H24BrNO4S.CO2/c1-19-17-23(30)15-16-26(19)31-29(33)25-9-4-3-7-22(25)18-27(32)21-13-11-20(12-14-21)24-8-5-6-10-28(24)36(2,34)35;2-1-3/h3-17H,18H2,1-2H3,(H,31,33);. The van der Waals surface area contributed by atoms with E-state index in [4.69, 9.17) is 9.59 Å². The van der Waals surface area contributed by atoms with Crippen molar-refractivity contribution in [1.29, 1.82) is 0 Å². The van der Waals surface area contributed by atoms with Gasteiger partial charge in [-0.1, -0.05) is 76.6 Å². The first-order valence-electron chi connectivity index (χ1n) is 11.6. The molecule has 39 heavy (non-hydrogen) atoms. The van der Waals surface area contributed by atoms with E-state index in [1.165, 1.54) is 6.26 Å². The lowest BCUT2D eigenvalue weighted by Crippen LogP contribution is -2.16. The van der Waals surface area contributed by atoms with Gasteiger partial charge in [0.15, 0.2) is 15.6 Å². The number of sulfone groups is 1. The second kappa shape index (κ2) is 13.1. The van der Waals surface area contributed by atoms with Crippen molar-refractivity contribution in [3.63, 3.8) is 0 Å². The molecule has 0 bridgehead atoms. The van der Waals surface area contributed by atoms with Crippen LogP contribution in [0.5, 0.6) is 0 Å². The molecule has 0 saturated carbocycles. The van der Waals surface area contributed by atoms with Crippen molar-refractivity contribution in [3.05, 3.63) is 118 Å². The van der Waals surface area contributed by atoms with E-state index in [-0.39, 0.29) is 29.2 Å². The molecule has 0 aliphatic heterocycles. The number of hydrogen-bond acceptors (Lipinski definition) is 6. The Hall–Kier alpha value is -4.17. The number of carbonyl (C=O) groups excluding carboxylic acids is 4.